The van der Waals surface area contributed by atoms with E-state index in [1.165, 1.54) is 21.9 Å². The summed E-state index contributed by atoms with van der Waals surface area (Å²) in [7, 11) is 5.37. The van der Waals surface area contributed by atoms with E-state index in [0.29, 0.717) is 24.2 Å². The monoisotopic (exact) mass is 435 g/mol. The molecule has 0 bridgehead atoms. The number of phenolic OH excluding ortho intramolecular Hbond substituents is 1. The summed E-state index contributed by atoms with van der Waals surface area (Å²) in [6.45, 7) is 0.790. The third-order valence-electron chi connectivity index (χ3n) is 6.09. The zero-order chi connectivity index (χ0) is 23.2. The van der Waals surface area contributed by atoms with Crippen molar-refractivity contribution in [2.45, 2.75) is 12.0 Å². The number of aromatic hydroxyl groups is 1. The second-order valence-corrected chi connectivity index (χ2v) is 8.28. The van der Waals surface area contributed by atoms with Crippen LogP contribution in [0.1, 0.15) is 17.5 Å². The minimum absolute atomic E-state index is 0.0157. The van der Waals surface area contributed by atoms with E-state index in [0.717, 1.165) is 0 Å². The lowest BCUT2D eigenvalue weighted by atomic mass is 9.81. The van der Waals surface area contributed by atoms with Gasteiger partial charge in [0.25, 0.3) is 17.6 Å². The Kier molecular flexibility index (Phi) is 5.26. The average Bonchev–Trinajstić information content (AvgIpc) is 3.12. The number of benzene rings is 2. The summed E-state index contributed by atoms with van der Waals surface area (Å²) >= 11 is 0. The van der Waals surface area contributed by atoms with Gasteiger partial charge in [-0.2, -0.15) is 0 Å². The molecule has 2 aliphatic heterocycles. The zero-order valence-electron chi connectivity index (χ0n) is 18.2. The Morgan fingerprint density at radius 3 is 2.38 bits per heavy atom. The Morgan fingerprint density at radius 2 is 1.69 bits per heavy atom. The molecule has 32 heavy (non-hydrogen) atoms. The van der Waals surface area contributed by atoms with E-state index < -0.39 is 28.9 Å². The summed E-state index contributed by atoms with van der Waals surface area (Å²) in [6.07, 6.45) is 0.525. The molecule has 1 fully saturated rings. The molecule has 4 rings (SSSR count). The molecule has 2 N–H and O–H groups in total. The van der Waals surface area contributed by atoms with Crippen molar-refractivity contribution in [3.63, 3.8) is 0 Å². The smallest absolute Gasteiger partial charge is 0.296 e. The van der Waals surface area contributed by atoms with E-state index in [4.69, 9.17) is 0 Å². The van der Waals surface area contributed by atoms with Crippen molar-refractivity contribution in [2.75, 3.05) is 39.1 Å². The predicted octanol–water partition coefficient (Wildman–Crippen LogP) is 1.90. The van der Waals surface area contributed by atoms with Gasteiger partial charge < -0.3 is 24.9 Å². The summed E-state index contributed by atoms with van der Waals surface area (Å²) in [5.41, 5.74) is -1.12. The normalized spacial score (nSPS) is 21.8. The van der Waals surface area contributed by atoms with Gasteiger partial charge >= 0.3 is 0 Å². The molecule has 1 saturated heterocycles. The molecular weight excluding hydrogens is 410 g/mol. The Morgan fingerprint density at radius 1 is 1.03 bits per heavy atom. The molecule has 2 aliphatic rings. The highest BCUT2D eigenvalue weighted by Crippen LogP contribution is 2.53. The summed E-state index contributed by atoms with van der Waals surface area (Å²) in [6, 6.07) is 12.9. The SMILES string of the molecule is CN(C)CCCN1C(=O)C(=O)C(=C(O)c2ccccc2O)C12C(=O)N(C)c1ccccc12. The minimum atomic E-state index is -1.79. The highest BCUT2D eigenvalue weighted by atomic mass is 16.3. The number of ketones is 1. The van der Waals surface area contributed by atoms with E-state index in [1.54, 1.807) is 43.4 Å². The van der Waals surface area contributed by atoms with Gasteiger partial charge in [0.15, 0.2) is 5.54 Å². The summed E-state index contributed by atoms with van der Waals surface area (Å²) in [4.78, 5) is 44.9. The molecule has 0 radical (unpaired) electrons. The molecule has 0 aromatic heterocycles. The number of likely N-dealkylation sites (tertiary alicyclic amines) is 1. The number of carbonyl (C=O) groups excluding carboxylic acids is 3. The van der Waals surface area contributed by atoms with Gasteiger partial charge in [-0.05, 0) is 45.3 Å². The van der Waals surface area contributed by atoms with Gasteiger partial charge in [-0.3, -0.25) is 14.4 Å². The van der Waals surface area contributed by atoms with E-state index in [-0.39, 0.29) is 23.4 Å². The van der Waals surface area contributed by atoms with Crippen molar-refractivity contribution >= 4 is 29.0 Å². The lowest BCUT2D eigenvalue weighted by Crippen LogP contribution is -2.51. The number of Topliss-reactive ketones (excluding diaryl/α,β-unsaturated/α-hetero) is 1. The minimum Gasteiger partial charge on any atom is -0.507 e. The maximum Gasteiger partial charge on any atom is 0.296 e. The lowest BCUT2D eigenvalue weighted by molar-refractivity contribution is -0.143. The molecule has 166 valence electrons. The van der Waals surface area contributed by atoms with Crippen LogP contribution in [0.2, 0.25) is 0 Å². The predicted molar refractivity (Wildman–Crippen MR) is 119 cm³/mol. The number of anilines is 1. The first-order valence-electron chi connectivity index (χ1n) is 10.3. The summed E-state index contributed by atoms with van der Waals surface area (Å²) in [5.74, 6) is -3.13. The van der Waals surface area contributed by atoms with Crippen LogP contribution in [0.3, 0.4) is 0 Å². The van der Waals surface area contributed by atoms with Crippen LogP contribution in [-0.4, -0.2) is 71.8 Å². The quantitative estimate of drug-likeness (QED) is 0.423. The van der Waals surface area contributed by atoms with Crippen molar-refractivity contribution in [1.82, 2.24) is 9.80 Å². The van der Waals surface area contributed by atoms with Gasteiger partial charge in [-0.25, -0.2) is 0 Å². The Labute approximate surface area is 186 Å². The third kappa shape index (κ3) is 2.90. The van der Waals surface area contributed by atoms with Crippen molar-refractivity contribution in [3.8, 4) is 5.75 Å². The van der Waals surface area contributed by atoms with E-state index in [9.17, 15) is 24.6 Å². The fourth-order valence-corrected chi connectivity index (χ4v) is 4.62. The van der Waals surface area contributed by atoms with Crippen molar-refractivity contribution in [1.29, 1.82) is 0 Å². The maximum atomic E-state index is 13.8. The number of carbonyl (C=O) groups is 3. The molecule has 8 nitrogen and oxygen atoms in total. The molecule has 2 aromatic rings. The first-order chi connectivity index (χ1) is 15.2. The van der Waals surface area contributed by atoms with Gasteiger partial charge in [-0.1, -0.05) is 30.3 Å². The number of aliphatic hydroxyl groups excluding tert-OH is 1. The van der Waals surface area contributed by atoms with Gasteiger partial charge in [0.2, 0.25) is 0 Å². The number of amides is 2. The summed E-state index contributed by atoms with van der Waals surface area (Å²) < 4.78 is 0. The van der Waals surface area contributed by atoms with Crippen LogP contribution in [-0.2, 0) is 19.9 Å². The topological polar surface area (TPSA) is 101 Å². The molecular formula is C24H25N3O5. The molecule has 2 amide bonds. The largest absolute Gasteiger partial charge is 0.507 e. The number of fused-ring (bicyclic) bond motifs is 2. The standard InChI is InChI=1S/C24H25N3O5/c1-25(2)13-8-14-27-22(31)21(30)19(20(29)15-9-4-7-12-18(15)28)24(27)16-10-5-6-11-17(16)26(3)23(24)32/h4-7,9-12,28-29H,8,13-14H2,1-3H3. The second kappa shape index (κ2) is 7.80. The average molecular weight is 435 g/mol. The lowest BCUT2D eigenvalue weighted by Gasteiger charge is -2.34. The molecule has 2 aromatic carbocycles. The van der Waals surface area contributed by atoms with Crippen LogP contribution in [0.5, 0.6) is 5.75 Å². The molecule has 0 aliphatic carbocycles. The van der Waals surface area contributed by atoms with Gasteiger partial charge in [0.05, 0.1) is 11.1 Å². The zero-order valence-corrected chi connectivity index (χ0v) is 18.2. The number of para-hydroxylation sites is 2. The fourth-order valence-electron chi connectivity index (χ4n) is 4.62. The van der Waals surface area contributed by atoms with Crippen molar-refractivity contribution in [2.24, 2.45) is 0 Å². The number of phenols is 1. The third-order valence-corrected chi connectivity index (χ3v) is 6.09. The number of aliphatic hydroxyl groups is 1. The first kappa shape index (κ1) is 21.6. The van der Waals surface area contributed by atoms with Crippen LogP contribution in [0.25, 0.3) is 5.76 Å². The Balaban J connectivity index is 2.01. The number of hydrogen-bond acceptors (Lipinski definition) is 6. The van der Waals surface area contributed by atoms with Crippen LogP contribution in [0.4, 0.5) is 5.69 Å². The molecule has 1 spiro atoms. The van der Waals surface area contributed by atoms with Gasteiger partial charge in [-0.15, -0.1) is 0 Å². The van der Waals surface area contributed by atoms with E-state index >= 15 is 0 Å². The Hall–Kier alpha value is -3.65. The van der Waals surface area contributed by atoms with Gasteiger partial charge in [0.1, 0.15) is 11.5 Å². The van der Waals surface area contributed by atoms with Crippen LogP contribution < -0.4 is 4.90 Å². The molecule has 0 saturated carbocycles. The number of hydrogen-bond donors (Lipinski definition) is 2. The van der Waals surface area contributed by atoms with Gasteiger partial charge in [0, 0.05) is 24.8 Å². The van der Waals surface area contributed by atoms with Crippen LogP contribution >= 0.6 is 0 Å². The van der Waals surface area contributed by atoms with Crippen LogP contribution in [0.15, 0.2) is 54.1 Å². The molecule has 1 atom stereocenters. The summed E-state index contributed by atoms with van der Waals surface area (Å²) in [5, 5.41) is 21.5. The fraction of sp³-hybridized carbons (Fsp3) is 0.292. The van der Waals surface area contributed by atoms with E-state index in [1.807, 2.05) is 19.0 Å². The number of rotatable bonds is 5. The van der Waals surface area contributed by atoms with Crippen molar-refractivity contribution in [3.05, 3.63) is 65.2 Å². The molecule has 2 heterocycles. The number of nitrogens with zero attached hydrogens (tertiary/aromatic N) is 3. The highest BCUT2D eigenvalue weighted by Gasteiger charge is 2.66. The van der Waals surface area contributed by atoms with E-state index in [2.05, 4.69) is 0 Å². The first-order valence-corrected chi connectivity index (χ1v) is 10.3. The molecule has 1 unspecified atom stereocenters. The highest BCUT2D eigenvalue weighted by molar-refractivity contribution is 6.50. The number of likely N-dealkylation sites (N-methyl/N-ethyl adjacent to an activating group) is 1. The van der Waals surface area contributed by atoms with Crippen molar-refractivity contribution < 1.29 is 24.6 Å². The second-order valence-electron chi connectivity index (χ2n) is 8.28. The molecule has 8 heteroatoms. The maximum absolute atomic E-state index is 13.8. The Bertz CT molecular complexity index is 1160. The van der Waals surface area contributed by atoms with Crippen LogP contribution in [0, 0.1) is 0 Å².